The van der Waals surface area contributed by atoms with E-state index in [1.54, 1.807) is 38.6 Å². The molecule has 0 heterocycles. The molecule has 0 fully saturated rings. The molecule has 0 aliphatic carbocycles. The number of hydrogen-bond acceptors (Lipinski definition) is 3. The van der Waals surface area contributed by atoms with Crippen LogP contribution in [0.15, 0.2) is 30.5 Å². The van der Waals surface area contributed by atoms with Crippen molar-refractivity contribution in [1.29, 1.82) is 0 Å². The van der Waals surface area contributed by atoms with Crippen molar-refractivity contribution in [2.75, 3.05) is 19.5 Å². The largest absolute Gasteiger partial charge is 0.493 e. The summed E-state index contributed by atoms with van der Waals surface area (Å²) in [4.78, 5) is 11.5. The second-order valence-corrected chi connectivity index (χ2v) is 3.48. The predicted octanol–water partition coefficient (Wildman–Crippen LogP) is 2.75. The smallest absolute Gasteiger partial charge is 0.323 e. The Labute approximate surface area is 107 Å². The van der Waals surface area contributed by atoms with Gasteiger partial charge in [0, 0.05) is 18.0 Å². The Morgan fingerprint density at radius 2 is 2.00 bits per heavy atom. The number of carbonyl (C=O) groups is 1. The summed E-state index contributed by atoms with van der Waals surface area (Å²) in [5.74, 6) is 1.19. The normalized spacial score (nSPS) is 10.2. The molecular formula is C13H18N2O3. The lowest BCUT2D eigenvalue weighted by Gasteiger charge is -2.10. The summed E-state index contributed by atoms with van der Waals surface area (Å²) in [7, 11) is 3.11. The van der Waals surface area contributed by atoms with E-state index in [-0.39, 0.29) is 6.03 Å². The van der Waals surface area contributed by atoms with Gasteiger partial charge in [-0.3, -0.25) is 0 Å². The molecule has 0 aliphatic rings. The first-order valence-electron chi connectivity index (χ1n) is 5.65. The van der Waals surface area contributed by atoms with Crippen LogP contribution in [0.4, 0.5) is 10.5 Å². The third-order valence-electron chi connectivity index (χ3n) is 2.21. The molecule has 98 valence electrons. The Bertz CT molecular complexity index is 430. The summed E-state index contributed by atoms with van der Waals surface area (Å²) >= 11 is 0. The lowest BCUT2D eigenvalue weighted by Crippen LogP contribution is -2.23. The molecule has 5 nitrogen and oxygen atoms in total. The summed E-state index contributed by atoms with van der Waals surface area (Å²) in [6, 6.07) is 4.87. The molecule has 0 aliphatic heterocycles. The number of nitrogens with one attached hydrogen (secondary N) is 2. The third kappa shape index (κ3) is 4.01. The number of hydrogen-bond donors (Lipinski definition) is 2. The maximum absolute atomic E-state index is 11.5. The van der Waals surface area contributed by atoms with Crippen LogP contribution in [-0.2, 0) is 0 Å². The minimum absolute atomic E-state index is 0.299. The SMILES string of the molecule is CC/C=C/NC(=O)Nc1ccc(OC)c(OC)c1. The highest BCUT2D eigenvalue weighted by Gasteiger charge is 2.06. The van der Waals surface area contributed by atoms with Crippen LogP contribution >= 0.6 is 0 Å². The molecule has 1 rings (SSSR count). The van der Waals surface area contributed by atoms with Gasteiger partial charge in [0.2, 0.25) is 0 Å². The first-order chi connectivity index (χ1) is 8.71. The molecule has 0 aromatic heterocycles. The number of rotatable bonds is 5. The molecule has 0 saturated carbocycles. The van der Waals surface area contributed by atoms with E-state index in [9.17, 15) is 4.79 Å². The van der Waals surface area contributed by atoms with Gasteiger partial charge >= 0.3 is 6.03 Å². The van der Waals surface area contributed by atoms with Crippen LogP contribution in [0.5, 0.6) is 11.5 Å². The Morgan fingerprint density at radius 3 is 2.61 bits per heavy atom. The van der Waals surface area contributed by atoms with Gasteiger partial charge in [-0.2, -0.15) is 0 Å². The lowest BCUT2D eigenvalue weighted by atomic mass is 10.3. The lowest BCUT2D eigenvalue weighted by molar-refractivity contribution is 0.255. The molecule has 0 unspecified atom stereocenters. The molecule has 0 radical (unpaired) electrons. The average Bonchev–Trinajstić information content (AvgIpc) is 2.39. The summed E-state index contributed by atoms with van der Waals surface area (Å²) in [6.45, 7) is 1.99. The number of urea groups is 1. The van der Waals surface area contributed by atoms with Crippen molar-refractivity contribution >= 4 is 11.7 Å². The van der Waals surface area contributed by atoms with Gasteiger partial charge in [0.1, 0.15) is 0 Å². The third-order valence-corrected chi connectivity index (χ3v) is 2.21. The van der Waals surface area contributed by atoms with Crippen LogP contribution in [0.1, 0.15) is 13.3 Å². The van der Waals surface area contributed by atoms with Gasteiger partial charge < -0.3 is 20.1 Å². The van der Waals surface area contributed by atoms with Gasteiger partial charge in [0.05, 0.1) is 14.2 Å². The van der Waals surface area contributed by atoms with Crippen LogP contribution in [0.25, 0.3) is 0 Å². The van der Waals surface area contributed by atoms with E-state index in [2.05, 4.69) is 10.6 Å². The Balaban J connectivity index is 2.67. The molecule has 18 heavy (non-hydrogen) atoms. The highest BCUT2D eigenvalue weighted by molar-refractivity contribution is 5.90. The van der Waals surface area contributed by atoms with E-state index < -0.39 is 0 Å². The van der Waals surface area contributed by atoms with E-state index >= 15 is 0 Å². The van der Waals surface area contributed by atoms with E-state index in [0.29, 0.717) is 17.2 Å². The van der Waals surface area contributed by atoms with E-state index in [1.165, 1.54) is 0 Å². The van der Waals surface area contributed by atoms with Crippen LogP contribution in [-0.4, -0.2) is 20.3 Å². The highest BCUT2D eigenvalue weighted by Crippen LogP contribution is 2.29. The van der Waals surface area contributed by atoms with Crippen molar-refractivity contribution in [3.05, 3.63) is 30.5 Å². The van der Waals surface area contributed by atoms with Crippen molar-refractivity contribution in [3.8, 4) is 11.5 Å². The molecule has 0 bridgehead atoms. The monoisotopic (exact) mass is 250 g/mol. The molecule has 0 atom stereocenters. The second kappa shape index (κ2) is 7.21. The fourth-order valence-electron chi connectivity index (χ4n) is 1.33. The molecule has 0 spiro atoms. The molecular weight excluding hydrogens is 232 g/mol. The van der Waals surface area contributed by atoms with Gasteiger partial charge in [-0.1, -0.05) is 13.0 Å². The van der Waals surface area contributed by atoms with Crippen LogP contribution in [0.3, 0.4) is 0 Å². The molecule has 0 saturated heterocycles. The number of ether oxygens (including phenoxy) is 2. The van der Waals surface area contributed by atoms with Gasteiger partial charge in [0.15, 0.2) is 11.5 Å². The van der Waals surface area contributed by atoms with Crippen LogP contribution in [0, 0.1) is 0 Å². The van der Waals surface area contributed by atoms with Crippen LogP contribution in [0.2, 0.25) is 0 Å². The maximum atomic E-state index is 11.5. The van der Waals surface area contributed by atoms with Crippen molar-refractivity contribution in [2.24, 2.45) is 0 Å². The zero-order chi connectivity index (χ0) is 13.4. The van der Waals surface area contributed by atoms with Gasteiger partial charge in [-0.25, -0.2) is 4.79 Å². The highest BCUT2D eigenvalue weighted by atomic mass is 16.5. The van der Waals surface area contributed by atoms with E-state index in [1.807, 2.05) is 13.0 Å². The van der Waals surface area contributed by atoms with Gasteiger partial charge in [-0.15, -0.1) is 0 Å². The molecule has 5 heteroatoms. The Kier molecular flexibility index (Phi) is 5.57. The number of benzene rings is 1. The van der Waals surface area contributed by atoms with Crippen LogP contribution < -0.4 is 20.1 Å². The number of anilines is 1. The molecule has 1 aromatic carbocycles. The number of amides is 2. The Hall–Kier alpha value is -2.17. The maximum Gasteiger partial charge on any atom is 0.323 e. The van der Waals surface area contributed by atoms with Gasteiger partial charge in [0.25, 0.3) is 0 Å². The standard InChI is InChI=1S/C13H18N2O3/c1-4-5-8-14-13(16)15-10-6-7-11(17-2)12(9-10)18-3/h5-9H,4H2,1-3H3,(H2,14,15,16)/b8-5+. The molecule has 2 N–H and O–H groups in total. The topological polar surface area (TPSA) is 59.6 Å². The van der Waals surface area contributed by atoms with Crippen molar-refractivity contribution in [3.63, 3.8) is 0 Å². The van der Waals surface area contributed by atoms with E-state index in [4.69, 9.17) is 9.47 Å². The summed E-state index contributed by atoms with van der Waals surface area (Å²) in [6.07, 6.45) is 4.33. The van der Waals surface area contributed by atoms with E-state index in [0.717, 1.165) is 6.42 Å². The number of allylic oxidation sites excluding steroid dienone is 1. The molecule has 1 aromatic rings. The summed E-state index contributed by atoms with van der Waals surface area (Å²) < 4.78 is 10.3. The minimum Gasteiger partial charge on any atom is -0.493 e. The zero-order valence-corrected chi connectivity index (χ0v) is 10.8. The quantitative estimate of drug-likeness (QED) is 0.844. The average molecular weight is 250 g/mol. The summed E-state index contributed by atoms with van der Waals surface area (Å²) in [5.41, 5.74) is 0.634. The zero-order valence-electron chi connectivity index (χ0n) is 10.8. The number of carbonyl (C=O) groups excluding carboxylic acids is 1. The Morgan fingerprint density at radius 1 is 1.28 bits per heavy atom. The number of methoxy groups -OCH3 is 2. The minimum atomic E-state index is -0.299. The first-order valence-corrected chi connectivity index (χ1v) is 5.65. The van der Waals surface area contributed by atoms with Crippen molar-refractivity contribution < 1.29 is 14.3 Å². The predicted molar refractivity (Wildman–Crippen MR) is 71.1 cm³/mol. The van der Waals surface area contributed by atoms with Crippen molar-refractivity contribution in [1.82, 2.24) is 5.32 Å². The fraction of sp³-hybridized carbons (Fsp3) is 0.308. The van der Waals surface area contributed by atoms with Gasteiger partial charge in [-0.05, 0) is 18.6 Å². The summed E-state index contributed by atoms with van der Waals surface area (Å²) in [5, 5.41) is 5.29. The van der Waals surface area contributed by atoms with Crippen molar-refractivity contribution in [2.45, 2.75) is 13.3 Å². The first kappa shape index (κ1) is 13.9. The second-order valence-electron chi connectivity index (χ2n) is 3.48. The molecule has 2 amide bonds. The fourth-order valence-corrected chi connectivity index (χ4v) is 1.33.